The summed E-state index contributed by atoms with van der Waals surface area (Å²) in [5.41, 5.74) is 7.15. The summed E-state index contributed by atoms with van der Waals surface area (Å²) in [6.45, 7) is 1.85. The van der Waals surface area contributed by atoms with Crippen LogP contribution in [0.15, 0.2) is 48.5 Å². The van der Waals surface area contributed by atoms with Crippen LogP contribution in [0.2, 0.25) is 0 Å². The number of anilines is 1. The lowest BCUT2D eigenvalue weighted by Gasteiger charge is -2.18. The van der Waals surface area contributed by atoms with E-state index in [1.54, 1.807) is 12.1 Å². The minimum absolute atomic E-state index is 0.0720. The maximum Gasteiger partial charge on any atom is 0.339 e. The minimum Gasteiger partial charge on any atom is -0.483 e. The molecule has 0 aliphatic heterocycles. The Balaban J connectivity index is 2.31. The number of aromatic carboxylic acids is 1. The van der Waals surface area contributed by atoms with Gasteiger partial charge in [0.15, 0.2) is 5.75 Å². The van der Waals surface area contributed by atoms with Gasteiger partial charge in [0.25, 0.3) is 0 Å². The summed E-state index contributed by atoms with van der Waals surface area (Å²) in [7, 11) is 0. The lowest BCUT2D eigenvalue weighted by atomic mass is 10.1. The molecule has 1 atom stereocenters. The summed E-state index contributed by atoms with van der Waals surface area (Å²) < 4.78 is 5.72. The molecule has 3 N–H and O–H groups in total. The average molecular weight is 257 g/mol. The molecule has 2 rings (SSSR count). The summed E-state index contributed by atoms with van der Waals surface area (Å²) >= 11 is 0. The molecule has 0 fully saturated rings. The van der Waals surface area contributed by atoms with E-state index in [9.17, 15) is 4.79 Å². The highest BCUT2D eigenvalue weighted by Gasteiger charge is 2.17. The van der Waals surface area contributed by atoms with E-state index in [4.69, 9.17) is 15.6 Å². The fourth-order valence-electron chi connectivity index (χ4n) is 1.82. The Hall–Kier alpha value is -2.49. The van der Waals surface area contributed by atoms with Crippen LogP contribution in [-0.4, -0.2) is 11.1 Å². The fourth-order valence-corrected chi connectivity index (χ4v) is 1.82. The fraction of sp³-hybridized carbons (Fsp3) is 0.133. The Morgan fingerprint density at radius 1 is 1.16 bits per heavy atom. The van der Waals surface area contributed by atoms with Crippen molar-refractivity contribution in [2.45, 2.75) is 13.0 Å². The summed E-state index contributed by atoms with van der Waals surface area (Å²) in [6.07, 6.45) is -0.274. The van der Waals surface area contributed by atoms with Crippen LogP contribution in [-0.2, 0) is 0 Å². The largest absolute Gasteiger partial charge is 0.483 e. The van der Waals surface area contributed by atoms with E-state index in [2.05, 4.69) is 0 Å². The van der Waals surface area contributed by atoms with Gasteiger partial charge in [0.2, 0.25) is 0 Å². The monoisotopic (exact) mass is 257 g/mol. The predicted molar refractivity (Wildman–Crippen MR) is 73.3 cm³/mol. The number of rotatable bonds is 4. The first kappa shape index (κ1) is 13.0. The normalized spacial score (nSPS) is 11.8. The molecule has 0 radical (unpaired) electrons. The summed E-state index contributed by atoms with van der Waals surface area (Å²) in [6, 6.07) is 14.3. The van der Waals surface area contributed by atoms with Gasteiger partial charge < -0.3 is 15.6 Å². The van der Waals surface area contributed by atoms with Crippen molar-refractivity contribution in [3.63, 3.8) is 0 Å². The highest BCUT2D eigenvalue weighted by Crippen LogP contribution is 2.31. The molecule has 4 heteroatoms. The van der Waals surface area contributed by atoms with E-state index in [1.165, 1.54) is 6.07 Å². The molecule has 19 heavy (non-hydrogen) atoms. The zero-order valence-electron chi connectivity index (χ0n) is 10.5. The summed E-state index contributed by atoms with van der Waals surface area (Å²) in [5.74, 6) is -0.839. The third kappa shape index (κ3) is 2.85. The molecule has 0 amide bonds. The molecule has 0 aliphatic rings. The number of nitrogens with two attached hydrogens (primary N) is 1. The Morgan fingerprint density at radius 3 is 2.47 bits per heavy atom. The molecule has 0 saturated heterocycles. The van der Waals surface area contributed by atoms with Crippen LogP contribution >= 0.6 is 0 Å². The van der Waals surface area contributed by atoms with E-state index < -0.39 is 5.97 Å². The molecule has 4 nitrogen and oxygen atoms in total. The van der Waals surface area contributed by atoms with Crippen molar-refractivity contribution < 1.29 is 14.6 Å². The van der Waals surface area contributed by atoms with Gasteiger partial charge in [-0.25, -0.2) is 4.79 Å². The van der Waals surface area contributed by atoms with Gasteiger partial charge in [-0.05, 0) is 24.6 Å². The Morgan fingerprint density at radius 2 is 1.84 bits per heavy atom. The van der Waals surface area contributed by atoms with Crippen molar-refractivity contribution in [3.8, 4) is 5.75 Å². The van der Waals surface area contributed by atoms with Crippen molar-refractivity contribution >= 4 is 11.7 Å². The lowest BCUT2D eigenvalue weighted by Crippen LogP contribution is -2.09. The van der Waals surface area contributed by atoms with Gasteiger partial charge in [-0.15, -0.1) is 0 Å². The molecule has 2 aromatic carbocycles. The third-order valence-electron chi connectivity index (χ3n) is 2.84. The average Bonchev–Trinajstić information content (AvgIpc) is 2.41. The Labute approximate surface area is 111 Å². The number of hydrogen-bond donors (Lipinski definition) is 2. The van der Waals surface area contributed by atoms with E-state index in [0.717, 1.165) is 5.56 Å². The van der Waals surface area contributed by atoms with Gasteiger partial charge in [0, 0.05) is 0 Å². The topological polar surface area (TPSA) is 72.5 Å². The van der Waals surface area contributed by atoms with Crippen molar-refractivity contribution in [3.05, 3.63) is 59.7 Å². The molecule has 1 unspecified atom stereocenters. The molecule has 2 aromatic rings. The molecule has 0 saturated carbocycles. The van der Waals surface area contributed by atoms with Crippen LogP contribution in [0.25, 0.3) is 0 Å². The lowest BCUT2D eigenvalue weighted by molar-refractivity contribution is 0.0690. The van der Waals surface area contributed by atoms with Gasteiger partial charge in [0.1, 0.15) is 11.7 Å². The van der Waals surface area contributed by atoms with E-state index >= 15 is 0 Å². The second-order valence-electron chi connectivity index (χ2n) is 4.20. The molecular weight excluding hydrogens is 242 g/mol. The van der Waals surface area contributed by atoms with Gasteiger partial charge in [-0.3, -0.25) is 0 Å². The highest BCUT2D eigenvalue weighted by atomic mass is 16.5. The SMILES string of the molecule is CC(Oc1c(N)cccc1C(=O)O)c1ccccc1. The third-order valence-corrected chi connectivity index (χ3v) is 2.84. The van der Waals surface area contributed by atoms with Gasteiger partial charge in [-0.1, -0.05) is 36.4 Å². The van der Waals surface area contributed by atoms with Crippen LogP contribution in [0, 0.1) is 0 Å². The number of nitrogen functional groups attached to an aromatic ring is 1. The van der Waals surface area contributed by atoms with E-state index in [-0.39, 0.29) is 17.4 Å². The number of carboxylic acid groups (broad SMARTS) is 1. The maximum atomic E-state index is 11.2. The molecule has 98 valence electrons. The van der Waals surface area contributed by atoms with Crippen LogP contribution in [0.5, 0.6) is 5.75 Å². The zero-order valence-corrected chi connectivity index (χ0v) is 10.5. The molecular formula is C15H15NO3. The standard InChI is InChI=1S/C15H15NO3/c1-10(11-6-3-2-4-7-11)19-14-12(15(17)18)8-5-9-13(14)16/h2-10H,16H2,1H3,(H,17,18). The highest BCUT2D eigenvalue weighted by molar-refractivity contribution is 5.93. The smallest absolute Gasteiger partial charge is 0.339 e. The van der Waals surface area contributed by atoms with E-state index in [0.29, 0.717) is 5.69 Å². The molecule has 0 bridgehead atoms. The summed E-state index contributed by atoms with van der Waals surface area (Å²) in [4.78, 5) is 11.2. The van der Waals surface area contributed by atoms with Crippen molar-refractivity contribution in [1.29, 1.82) is 0 Å². The van der Waals surface area contributed by atoms with E-state index in [1.807, 2.05) is 37.3 Å². The molecule has 0 spiro atoms. The number of benzene rings is 2. The maximum absolute atomic E-state index is 11.2. The first-order valence-electron chi connectivity index (χ1n) is 5.93. The minimum atomic E-state index is -1.05. The van der Waals surface area contributed by atoms with Crippen LogP contribution in [0.1, 0.15) is 28.9 Å². The van der Waals surface area contributed by atoms with Crippen LogP contribution < -0.4 is 10.5 Å². The van der Waals surface area contributed by atoms with Gasteiger partial charge in [0.05, 0.1) is 5.69 Å². The van der Waals surface area contributed by atoms with Crippen molar-refractivity contribution in [2.75, 3.05) is 5.73 Å². The van der Waals surface area contributed by atoms with Crippen molar-refractivity contribution in [1.82, 2.24) is 0 Å². The predicted octanol–water partition coefficient (Wildman–Crippen LogP) is 3.11. The van der Waals surface area contributed by atoms with Crippen LogP contribution in [0.3, 0.4) is 0 Å². The number of para-hydroxylation sites is 1. The first-order chi connectivity index (χ1) is 9.09. The number of ether oxygens (including phenoxy) is 1. The second kappa shape index (κ2) is 5.44. The molecule has 0 heterocycles. The number of hydrogen-bond acceptors (Lipinski definition) is 3. The zero-order chi connectivity index (χ0) is 13.8. The first-order valence-corrected chi connectivity index (χ1v) is 5.93. The van der Waals surface area contributed by atoms with Crippen LogP contribution in [0.4, 0.5) is 5.69 Å². The van der Waals surface area contributed by atoms with Gasteiger partial charge in [-0.2, -0.15) is 0 Å². The molecule has 0 aromatic heterocycles. The number of carbonyl (C=O) groups is 1. The quantitative estimate of drug-likeness (QED) is 0.825. The molecule has 0 aliphatic carbocycles. The number of carboxylic acids is 1. The Bertz CT molecular complexity index is 581. The van der Waals surface area contributed by atoms with Crippen molar-refractivity contribution in [2.24, 2.45) is 0 Å². The van der Waals surface area contributed by atoms with Gasteiger partial charge >= 0.3 is 5.97 Å². The summed E-state index contributed by atoms with van der Waals surface area (Å²) in [5, 5.41) is 9.14. The second-order valence-corrected chi connectivity index (χ2v) is 4.20. The Kier molecular flexibility index (Phi) is 3.71.